The van der Waals surface area contributed by atoms with Gasteiger partial charge in [-0.05, 0) is 70.1 Å². The molecule has 32 heavy (non-hydrogen) atoms. The Labute approximate surface area is 197 Å². The number of carbonyl (C=O) groups is 2. The highest BCUT2D eigenvalue weighted by Crippen LogP contribution is 2.40. The van der Waals surface area contributed by atoms with Crippen molar-refractivity contribution in [1.82, 2.24) is 9.88 Å². The molecule has 5 rings (SSSR count). The molecule has 0 saturated heterocycles. The molecule has 0 fully saturated rings. The summed E-state index contributed by atoms with van der Waals surface area (Å²) in [4.78, 5) is 32.1. The van der Waals surface area contributed by atoms with Gasteiger partial charge in [-0.3, -0.25) is 14.6 Å². The van der Waals surface area contributed by atoms with Crippen molar-refractivity contribution >= 4 is 45.3 Å². The van der Waals surface area contributed by atoms with Crippen LogP contribution in [0.15, 0.2) is 94.9 Å². The van der Waals surface area contributed by atoms with Crippen molar-refractivity contribution in [2.75, 3.05) is 0 Å². The van der Waals surface area contributed by atoms with Gasteiger partial charge in [0.1, 0.15) is 5.58 Å². The van der Waals surface area contributed by atoms with Gasteiger partial charge in [0.2, 0.25) is 5.78 Å². The van der Waals surface area contributed by atoms with Crippen molar-refractivity contribution in [2.24, 2.45) is 0 Å². The standard InChI is InChI=1S/C25H17IN2O4/c26-18-7-5-16(6-8-18)22-21(23(29)20-13-17-3-1-2-4-19(17)32-20)24(30)25(31)28(22)14-15-9-11-27-12-10-15/h1-13,22,30H,14H2. The number of aliphatic hydroxyl groups excluding tert-OH is 1. The minimum absolute atomic E-state index is 0.0179. The monoisotopic (exact) mass is 536 g/mol. The van der Waals surface area contributed by atoms with E-state index in [1.165, 1.54) is 4.90 Å². The van der Waals surface area contributed by atoms with Crippen molar-refractivity contribution in [3.8, 4) is 0 Å². The Hall–Kier alpha value is -3.46. The zero-order chi connectivity index (χ0) is 22.2. The van der Waals surface area contributed by atoms with E-state index in [9.17, 15) is 14.7 Å². The van der Waals surface area contributed by atoms with Crippen molar-refractivity contribution in [3.63, 3.8) is 0 Å². The summed E-state index contributed by atoms with van der Waals surface area (Å²) >= 11 is 2.20. The highest BCUT2D eigenvalue weighted by atomic mass is 127. The van der Waals surface area contributed by atoms with Crippen LogP contribution in [0, 0.1) is 3.57 Å². The quantitative estimate of drug-likeness (QED) is 0.280. The first-order valence-corrected chi connectivity index (χ1v) is 11.0. The molecule has 7 heteroatoms. The maximum absolute atomic E-state index is 13.5. The number of hydrogen-bond acceptors (Lipinski definition) is 5. The SMILES string of the molecule is O=C(C1=C(O)C(=O)N(Cc2ccncc2)C1c1ccc(I)cc1)c1cc2ccccc2o1. The fourth-order valence-electron chi connectivity index (χ4n) is 3.95. The van der Waals surface area contributed by atoms with Crippen LogP contribution in [0.3, 0.4) is 0 Å². The van der Waals surface area contributed by atoms with Crippen molar-refractivity contribution in [1.29, 1.82) is 0 Å². The molecule has 6 nitrogen and oxygen atoms in total. The van der Waals surface area contributed by atoms with Crippen LogP contribution in [0.1, 0.15) is 27.7 Å². The highest BCUT2D eigenvalue weighted by Gasteiger charge is 2.44. The van der Waals surface area contributed by atoms with Crippen molar-refractivity contribution < 1.29 is 19.1 Å². The molecule has 2 aromatic heterocycles. The third-order valence-electron chi connectivity index (χ3n) is 5.49. The molecule has 1 N–H and O–H groups in total. The van der Waals surface area contributed by atoms with Gasteiger partial charge in [0.15, 0.2) is 11.5 Å². The number of aliphatic hydroxyl groups is 1. The number of aromatic nitrogens is 1. The number of halogens is 1. The minimum atomic E-state index is -0.742. The molecule has 2 aromatic carbocycles. The molecule has 158 valence electrons. The zero-order valence-corrected chi connectivity index (χ0v) is 18.9. The Morgan fingerprint density at radius 3 is 2.50 bits per heavy atom. The molecule has 1 atom stereocenters. The lowest BCUT2D eigenvalue weighted by atomic mass is 9.95. The maximum Gasteiger partial charge on any atom is 0.290 e. The van der Waals surface area contributed by atoms with E-state index in [4.69, 9.17) is 4.42 Å². The molecule has 0 radical (unpaired) electrons. The van der Waals surface area contributed by atoms with Gasteiger partial charge in [-0.2, -0.15) is 0 Å². The molecule has 1 aliphatic heterocycles. The Bertz CT molecular complexity index is 1330. The topological polar surface area (TPSA) is 83.6 Å². The number of Topliss-reactive ketones (excluding diaryl/α,β-unsaturated/α-hetero) is 1. The van der Waals surface area contributed by atoms with Gasteiger partial charge in [0.05, 0.1) is 11.6 Å². The molecule has 1 unspecified atom stereocenters. The Morgan fingerprint density at radius 2 is 1.78 bits per heavy atom. The third kappa shape index (κ3) is 3.58. The van der Waals surface area contributed by atoms with E-state index in [1.54, 1.807) is 36.7 Å². The molecular weight excluding hydrogens is 519 g/mol. The molecule has 4 aromatic rings. The number of rotatable bonds is 5. The fourth-order valence-corrected chi connectivity index (χ4v) is 4.31. The van der Waals surface area contributed by atoms with Gasteiger partial charge in [-0.1, -0.05) is 30.3 Å². The highest BCUT2D eigenvalue weighted by molar-refractivity contribution is 14.1. The fraction of sp³-hybridized carbons (Fsp3) is 0.0800. The number of furan rings is 1. The van der Waals surface area contributed by atoms with Crippen LogP contribution in [0.25, 0.3) is 11.0 Å². The lowest BCUT2D eigenvalue weighted by Crippen LogP contribution is -2.30. The lowest BCUT2D eigenvalue weighted by Gasteiger charge is -2.26. The van der Waals surface area contributed by atoms with E-state index in [2.05, 4.69) is 27.6 Å². The zero-order valence-electron chi connectivity index (χ0n) is 16.7. The van der Waals surface area contributed by atoms with E-state index in [-0.39, 0.29) is 17.9 Å². The second-order valence-corrected chi connectivity index (χ2v) is 8.73. The molecule has 0 saturated carbocycles. The maximum atomic E-state index is 13.5. The average molecular weight is 536 g/mol. The Balaban J connectivity index is 1.60. The van der Waals surface area contributed by atoms with Crippen molar-refractivity contribution in [2.45, 2.75) is 12.6 Å². The minimum Gasteiger partial charge on any atom is -0.503 e. The van der Waals surface area contributed by atoms with Gasteiger partial charge in [-0.25, -0.2) is 0 Å². The number of amides is 1. The molecule has 0 bridgehead atoms. The van der Waals surface area contributed by atoms with E-state index in [0.717, 1.165) is 20.1 Å². The summed E-state index contributed by atoms with van der Waals surface area (Å²) in [5.41, 5.74) is 2.16. The van der Waals surface area contributed by atoms with E-state index < -0.39 is 23.5 Å². The molecular formula is C25H17IN2O4. The van der Waals surface area contributed by atoms with Gasteiger partial charge >= 0.3 is 0 Å². The third-order valence-corrected chi connectivity index (χ3v) is 6.20. The summed E-state index contributed by atoms with van der Waals surface area (Å²) in [5, 5.41) is 11.6. The number of nitrogens with zero attached hydrogens (tertiary/aromatic N) is 2. The van der Waals surface area contributed by atoms with Crippen molar-refractivity contribution in [3.05, 3.63) is 111 Å². The van der Waals surface area contributed by atoms with Crippen LogP contribution in [0.2, 0.25) is 0 Å². The average Bonchev–Trinajstić information content (AvgIpc) is 3.35. The summed E-state index contributed by atoms with van der Waals surface area (Å²) in [5.74, 6) is -1.56. The van der Waals surface area contributed by atoms with Crippen LogP contribution in [0.4, 0.5) is 0 Å². The predicted molar refractivity (Wildman–Crippen MR) is 127 cm³/mol. The Kier molecular flexibility index (Phi) is 5.26. The first-order valence-electron chi connectivity index (χ1n) is 9.94. The summed E-state index contributed by atoms with van der Waals surface area (Å²) in [6.07, 6.45) is 3.28. The van der Waals surface area contributed by atoms with E-state index >= 15 is 0 Å². The smallest absolute Gasteiger partial charge is 0.290 e. The molecule has 1 aliphatic rings. The molecule has 0 aliphatic carbocycles. The molecule has 3 heterocycles. The Morgan fingerprint density at radius 1 is 1.06 bits per heavy atom. The molecule has 1 amide bonds. The predicted octanol–water partition coefficient (Wildman–Crippen LogP) is 5.21. The lowest BCUT2D eigenvalue weighted by molar-refractivity contribution is -0.130. The summed E-state index contributed by atoms with van der Waals surface area (Å²) < 4.78 is 6.77. The summed E-state index contributed by atoms with van der Waals surface area (Å²) in [7, 11) is 0. The van der Waals surface area contributed by atoms with Crippen LogP contribution >= 0.6 is 22.6 Å². The first kappa shape index (κ1) is 20.4. The number of ketones is 1. The van der Waals surface area contributed by atoms with E-state index in [0.29, 0.717) is 5.58 Å². The number of para-hydroxylation sites is 1. The van der Waals surface area contributed by atoms with E-state index in [1.807, 2.05) is 42.5 Å². The first-order chi connectivity index (χ1) is 15.5. The second kappa shape index (κ2) is 8.23. The number of fused-ring (bicyclic) bond motifs is 1. The second-order valence-electron chi connectivity index (χ2n) is 7.48. The number of hydrogen-bond donors (Lipinski definition) is 1. The molecule has 0 spiro atoms. The number of benzene rings is 2. The van der Waals surface area contributed by atoms with Gasteiger partial charge in [0, 0.05) is 27.9 Å². The number of pyridine rings is 1. The van der Waals surface area contributed by atoms with Gasteiger partial charge in [-0.15, -0.1) is 0 Å². The summed E-state index contributed by atoms with van der Waals surface area (Å²) in [6, 6.07) is 19.3. The van der Waals surface area contributed by atoms with Crippen LogP contribution in [-0.2, 0) is 11.3 Å². The number of carbonyl (C=O) groups excluding carboxylic acids is 2. The van der Waals surface area contributed by atoms with Gasteiger partial charge in [0.25, 0.3) is 5.91 Å². The summed E-state index contributed by atoms with van der Waals surface area (Å²) in [6.45, 7) is 0.221. The van der Waals surface area contributed by atoms with Gasteiger partial charge < -0.3 is 14.4 Å². The largest absolute Gasteiger partial charge is 0.503 e. The van der Waals surface area contributed by atoms with Crippen LogP contribution < -0.4 is 0 Å². The van der Waals surface area contributed by atoms with Crippen LogP contribution in [-0.4, -0.2) is 26.7 Å². The normalized spacial score (nSPS) is 16.2. The van der Waals surface area contributed by atoms with Crippen LogP contribution in [0.5, 0.6) is 0 Å².